The molecule has 2 aromatic heterocycles. The van der Waals surface area contributed by atoms with E-state index >= 15 is 0 Å². The minimum atomic E-state index is -0.575. The Kier molecular flexibility index (Phi) is 6.00. The van der Waals surface area contributed by atoms with Gasteiger partial charge in [-0.15, -0.1) is 0 Å². The summed E-state index contributed by atoms with van der Waals surface area (Å²) < 4.78 is 5.20. The number of pyridine rings is 1. The van der Waals surface area contributed by atoms with E-state index in [-0.39, 0.29) is 11.9 Å². The molecule has 0 saturated carbocycles. The molecule has 26 heavy (non-hydrogen) atoms. The van der Waals surface area contributed by atoms with Crippen LogP contribution in [0.5, 0.6) is 0 Å². The summed E-state index contributed by atoms with van der Waals surface area (Å²) in [5.41, 5.74) is 3.06. The molecule has 1 aliphatic rings. The fourth-order valence-corrected chi connectivity index (χ4v) is 3.35. The largest absolute Gasteiger partial charge is 0.390 e. The molecule has 0 unspecified atom stereocenters. The van der Waals surface area contributed by atoms with Crippen molar-refractivity contribution in [2.75, 3.05) is 13.1 Å². The van der Waals surface area contributed by atoms with Gasteiger partial charge in [-0.3, -0.25) is 14.7 Å². The van der Waals surface area contributed by atoms with Crippen molar-refractivity contribution in [1.29, 1.82) is 0 Å². The van der Waals surface area contributed by atoms with Crippen molar-refractivity contribution < 1.29 is 14.4 Å². The summed E-state index contributed by atoms with van der Waals surface area (Å²) in [7, 11) is 0. The molecule has 7 nitrogen and oxygen atoms in total. The highest BCUT2D eigenvalue weighted by Gasteiger charge is 2.29. The van der Waals surface area contributed by atoms with Crippen LogP contribution in [0.4, 0.5) is 0 Å². The highest BCUT2D eigenvalue weighted by Crippen LogP contribution is 2.19. The standard InChI is InChI=1S/C19H26N4O3/c1-13-16(14(2)26-22-13)11-23-10-7-17(18(24)12-23)21-19(25)4-3-15-5-8-20-9-6-15/h5-6,8-9,17-18,24H,3-4,7,10-12H2,1-2H3,(H,21,25)/t17-,18-/m0/s1. The van der Waals surface area contributed by atoms with Gasteiger partial charge in [0, 0.05) is 44.0 Å². The number of aromatic nitrogens is 2. The molecule has 0 aliphatic carbocycles. The van der Waals surface area contributed by atoms with Crippen LogP contribution in [0.25, 0.3) is 0 Å². The third-order valence-corrected chi connectivity index (χ3v) is 4.97. The first kappa shape index (κ1) is 18.5. The van der Waals surface area contributed by atoms with E-state index in [2.05, 4.69) is 20.4 Å². The average molecular weight is 358 g/mol. The number of nitrogens with zero attached hydrogens (tertiary/aromatic N) is 3. The number of carbonyl (C=O) groups excluding carboxylic acids is 1. The first-order valence-corrected chi connectivity index (χ1v) is 9.03. The molecule has 1 amide bonds. The third kappa shape index (κ3) is 4.68. The summed E-state index contributed by atoms with van der Waals surface area (Å²) in [6.45, 7) is 5.89. The molecule has 0 radical (unpaired) electrons. The maximum absolute atomic E-state index is 12.2. The highest BCUT2D eigenvalue weighted by molar-refractivity contribution is 5.76. The van der Waals surface area contributed by atoms with Crippen LogP contribution in [0.15, 0.2) is 29.0 Å². The van der Waals surface area contributed by atoms with Crippen molar-refractivity contribution in [1.82, 2.24) is 20.4 Å². The fraction of sp³-hybridized carbons (Fsp3) is 0.526. The minimum Gasteiger partial charge on any atom is -0.390 e. The van der Waals surface area contributed by atoms with Crippen molar-refractivity contribution in [3.8, 4) is 0 Å². The first-order valence-electron chi connectivity index (χ1n) is 9.03. The lowest BCUT2D eigenvalue weighted by Gasteiger charge is -2.36. The highest BCUT2D eigenvalue weighted by atomic mass is 16.5. The molecule has 2 aromatic rings. The van der Waals surface area contributed by atoms with Gasteiger partial charge in [0.2, 0.25) is 5.91 Å². The number of rotatable bonds is 6. The molecular formula is C19H26N4O3. The van der Waals surface area contributed by atoms with E-state index in [0.717, 1.165) is 35.5 Å². The molecule has 1 fully saturated rings. The lowest BCUT2D eigenvalue weighted by molar-refractivity contribution is -0.123. The summed E-state index contributed by atoms with van der Waals surface area (Å²) in [4.78, 5) is 18.3. The van der Waals surface area contributed by atoms with Gasteiger partial charge in [0.15, 0.2) is 0 Å². The molecule has 3 heterocycles. The van der Waals surface area contributed by atoms with Gasteiger partial charge in [0.05, 0.1) is 17.8 Å². The number of aliphatic hydroxyl groups excluding tert-OH is 1. The smallest absolute Gasteiger partial charge is 0.220 e. The molecule has 1 aliphatic heterocycles. The summed E-state index contributed by atoms with van der Waals surface area (Å²) >= 11 is 0. The van der Waals surface area contributed by atoms with E-state index in [1.807, 2.05) is 26.0 Å². The molecule has 2 atom stereocenters. The number of hydrogen-bond acceptors (Lipinski definition) is 6. The number of carbonyl (C=O) groups is 1. The number of amides is 1. The SMILES string of the molecule is Cc1noc(C)c1CN1CC[C@H](NC(=O)CCc2ccncc2)[C@@H](O)C1. The van der Waals surface area contributed by atoms with Gasteiger partial charge in [-0.2, -0.15) is 0 Å². The van der Waals surface area contributed by atoms with Gasteiger partial charge in [0.25, 0.3) is 0 Å². The van der Waals surface area contributed by atoms with E-state index in [9.17, 15) is 9.90 Å². The Labute approximate surface area is 153 Å². The van der Waals surface area contributed by atoms with Crippen LogP contribution in [0.3, 0.4) is 0 Å². The second-order valence-electron chi connectivity index (χ2n) is 6.92. The topological polar surface area (TPSA) is 91.5 Å². The van der Waals surface area contributed by atoms with Crippen LogP contribution < -0.4 is 5.32 Å². The molecule has 140 valence electrons. The summed E-state index contributed by atoms with van der Waals surface area (Å²) in [5, 5.41) is 17.4. The Morgan fingerprint density at radius 1 is 1.38 bits per heavy atom. The van der Waals surface area contributed by atoms with Crippen LogP contribution in [-0.2, 0) is 17.8 Å². The van der Waals surface area contributed by atoms with Crippen LogP contribution >= 0.6 is 0 Å². The predicted molar refractivity (Wildman–Crippen MR) is 96.4 cm³/mol. The number of nitrogens with one attached hydrogen (secondary N) is 1. The summed E-state index contributed by atoms with van der Waals surface area (Å²) in [6, 6.07) is 3.63. The van der Waals surface area contributed by atoms with Gasteiger partial charge in [-0.25, -0.2) is 0 Å². The summed E-state index contributed by atoms with van der Waals surface area (Å²) in [6.07, 6.45) is 4.70. The number of piperidine rings is 1. The van der Waals surface area contributed by atoms with E-state index in [4.69, 9.17) is 4.52 Å². The van der Waals surface area contributed by atoms with Crippen LogP contribution in [0, 0.1) is 13.8 Å². The Morgan fingerprint density at radius 3 is 2.81 bits per heavy atom. The molecule has 2 N–H and O–H groups in total. The molecule has 0 spiro atoms. The maximum Gasteiger partial charge on any atom is 0.220 e. The Hall–Kier alpha value is -2.25. The lowest BCUT2D eigenvalue weighted by atomic mass is 10.0. The maximum atomic E-state index is 12.2. The van der Waals surface area contributed by atoms with Crippen molar-refractivity contribution in [2.45, 2.75) is 51.8 Å². The zero-order valence-electron chi connectivity index (χ0n) is 15.3. The third-order valence-electron chi connectivity index (χ3n) is 4.97. The van der Waals surface area contributed by atoms with Gasteiger partial charge in [-0.05, 0) is 44.4 Å². The van der Waals surface area contributed by atoms with Crippen LogP contribution in [-0.4, -0.2) is 51.3 Å². The van der Waals surface area contributed by atoms with E-state index in [0.29, 0.717) is 25.9 Å². The zero-order chi connectivity index (χ0) is 18.5. The average Bonchev–Trinajstić information content (AvgIpc) is 2.95. The van der Waals surface area contributed by atoms with E-state index in [1.54, 1.807) is 12.4 Å². The molecule has 0 bridgehead atoms. The normalized spacial score (nSPS) is 20.9. The molecular weight excluding hydrogens is 332 g/mol. The van der Waals surface area contributed by atoms with Crippen molar-refractivity contribution >= 4 is 5.91 Å². The quantitative estimate of drug-likeness (QED) is 0.810. The number of aliphatic hydroxyl groups is 1. The van der Waals surface area contributed by atoms with Gasteiger partial charge in [0.1, 0.15) is 5.76 Å². The van der Waals surface area contributed by atoms with Crippen molar-refractivity contribution in [3.05, 3.63) is 47.1 Å². The zero-order valence-corrected chi connectivity index (χ0v) is 15.3. The number of β-amino-alcohol motifs (C(OH)–C–C–N with tert-alkyl or cyclic N) is 1. The molecule has 0 aromatic carbocycles. The Balaban J connectivity index is 1.45. The number of likely N-dealkylation sites (tertiary alicyclic amines) is 1. The number of hydrogen-bond donors (Lipinski definition) is 2. The molecule has 7 heteroatoms. The van der Waals surface area contributed by atoms with Gasteiger partial charge in [-0.1, -0.05) is 5.16 Å². The summed E-state index contributed by atoms with van der Waals surface area (Å²) in [5.74, 6) is 0.800. The monoisotopic (exact) mass is 358 g/mol. The van der Waals surface area contributed by atoms with E-state index < -0.39 is 6.10 Å². The second kappa shape index (κ2) is 8.42. The van der Waals surface area contributed by atoms with Gasteiger partial charge >= 0.3 is 0 Å². The lowest BCUT2D eigenvalue weighted by Crippen LogP contribution is -2.53. The molecule has 1 saturated heterocycles. The fourth-order valence-electron chi connectivity index (χ4n) is 3.35. The minimum absolute atomic E-state index is 0.0231. The van der Waals surface area contributed by atoms with Crippen molar-refractivity contribution in [2.24, 2.45) is 0 Å². The van der Waals surface area contributed by atoms with Gasteiger partial charge < -0.3 is 14.9 Å². The van der Waals surface area contributed by atoms with E-state index in [1.165, 1.54) is 0 Å². The number of aryl methyl sites for hydroxylation is 3. The Morgan fingerprint density at radius 2 is 2.15 bits per heavy atom. The Bertz CT molecular complexity index is 712. The second-order valence-corrected chi connectivity index (χ2v) is 6.92. The molecule has 3 rings (SSSR count). The van der Waals surface area contributed by atoms with Crippen LogP contribution in [0.1, 0.15) is 35.4 Å². The van der Waals surface area contributed by atoms with Crippen LogP contribution in [0.2, 0.25) is 0 Å². The first-order chi connectivity index (χ1) is 12.5. The predicted octanol–water partition coefficient (Wildman–Crippen LogP) is 1.37. The van der Waals surface area contributed by atoms with Crippen molar-refractivity contribution in [3.63, 3.8) is 0 Å².